The van der Waals surface area contributed by atoms with Gasteiger partial charge in [-0.3, -0.25) is 9.55 Å². The van der Waals surface area contributed by atoms with Crippen molar-refractivity contribution < 1.29 is 0 Å². The van der Waals surface area contributed by atoms with Gasteiger partial charge in [-0.25, -0.2) is 0 Å². The normalized spacial score (nSPS) is 10.8. The molecule has 0 atom stereocenters. The Morgan fingerprint density at radius 1 is 1.21 bits per heavy atom. The Kier molecular flexibility index (Phi) is 5.56. The van der Waals surface area contributed by atoms with Crippen molar-refractivity contribution in [3.05, 3.63) is 71.0 Å². The molecule has 0 saturated heterocycles. The Morgan fingerprint density at radius 3 is 2.79 bits per heavy atom. The van der Waals surface area contributed by atoms with Crippen LogP contribution in [0.15, 0.2) is 60.5 Å². The fourth-order valence-corrected chi connectivity index (χ4v) is 3.69. The molecule has 1 aromatic carbocycles. The molecule has 3 rings (SSSR count). The highest BCUT2D eigenvalue weighted by Gasteiger charge is 2.14. The van der Waals surface area contributed by atoms with Crippen molar-refractivity contribution in [3.63, 3.8) is 0 Å². The molecule has 2 aromatic heterocycles. The molecule has 0 radical (unpaired) electrons. The molecule has 0 aliphatic carbocycles. The second kappa shape index (κ2) is 7.83. The Hall–Kier alpha value is -1.82. The van der Waals surface area contributed by atoms with E-state index in [1.165, 1.54) is 0 Å². The van der Waals surface area contributed by atoms with Crippen molar-refractivity contribution in [1.29, 1.82) is 0 Å². The quantitative estimate of drug-likeness (QED) is 0.442. The third-order valence-corrected chi connectivity index (χ3v) is 4.92. The third kappa shape index (κ3) is 3.80. The average Bonchev–Trinajstić information content (AvgIpc) is 2.98. The zero-order chi connectivity index (χ0) is 16.9. The molecule has 0 aliphatic heterocycles. The van der Waals surface area contributed by atoms with Gasteiger partial charge >= 0.3 is 0 Å². The minimum absolute atomic E-state index is 0.619. The van der Waals surface area contributed by atoms with Crippen LogP contribution in [0.5, 0.6) is 0 Å². The molecule has 0 N–H and O–H groups in total. The third-order valence-electron chi connectivity index (χ3n) is 3.32. The summed E-state index contributed by atoms with van der Waals surface area (Å²) in [6, 6.07) is 9.34. The van der Waals surface area contributed by atoms with E-state index in [9.17, 15) is 0 Å². The maximum atomic E-state index is 6.23. The average molecular weight is 377 g/mol. The summed E-state index contributed by atoms with van der Waals surface area (Å²) in [6.07, 6.45) is 5.33. The predicted octanol–water partition coefficient (Wildman–Crippen LogP) is 5.13. The maximum absolute atomic E-state index is 6.23. The summed E-state index contributed by atoms with van der Waals surface area (Å²) in [5, 5.41) is 10.7. The topological polar surface area (TPSA) is 43.6 Å². The zero-order valence-corrected chi connectivity index (χ0v) is 15.0. The summed E-state index contributed by atoms with van der Waals surface area (Å²) < 4.78 is 2.01. The van der Waals surface area contributed by atoms with Crippen molar-refractivity contribution in [2.45, 2.75) is 17.5 Å². The van der Waals surface area contributed by atoms with Crippen LogP contribution in [0.3, 0.4) is 0 Å². The van der Waals surface area contributed by atoms with E-state index < -0.39 is 0 Å². The molecule has 0 unspecified atom stereocenters. The van der Waals surface area contributed by atoms with E-state index in [0.717, 1.165) is 22.1 Å². The van der Waals surface area contributed by atoms with Gasteiger partial charge in [0.15, 0.2) is 11.0 Å². The van der Waals surface area contributed by atoms with Crippen LogP contribution in [-0.2, 0) is 12.3 Å². The van der Waals surface area contributed by atoms with Gasteiger partial charge in [0, 0.05) is 40.3 Å². The monoisotopic (exact) mass is 376 g/mol. The Balaban J connectivity index is 1.85. The lowest BCUT2D eigenvalue weighted by Gasteiger charge is -2.08. The zero-order valence-electron chi connectivity index (χ0n) is 12.7. The lowest BCUT2D eigenvalue weighted by atomic mass is 10.2. The SMILES string of the molecule is C=CCn1c(SCc2ccc(Cl)cc2Cl)nnc1-c1cccnc1. The van der Waals surface area contributed by atoms with Crippen LogP contribution in [0, 0.1) is 0 Å². The fourth-order valence-electron chi connectivity index (χ4n) is 2.18. The first-order valence-corrected chi connectivity index (χ1v) is 8.94. The minimum Gasteiger partial charge on any atom is -0.298 e. The van der Waals surface area contributed by atoms with Crippen molar-refractivity contribution in [3.8, 4) is 11.4 Å². The minimum atomic E-state index is 0.619. The lowest BCUT2D eigenvalue weighted by molar-refractivity contribution is 0.731. The van der Waals surface area contributed by atoms with Gasteiger partial charge in [-0.2, -0.15) is 0 Å². The van der Waals surface area contributed by atoms with Crippen LogP contribution < -0.4 is 0 Å². The summed E-state index contributed by atoms with van der Waals surface area (Å²) in [5.74, 6) is 1.45. The molecule has 122 valence electrons. The van der Waals surface area contributed by atoms with Crippen LogP contribution in [0.1, 0.15) is 5.56 Å². The van der Waals surface area contributed by atoms with E-state index in [0.29, 0.717) is 22.3 Å². The molecule has 0 spiro atoms. The van der Waals surface area contributed by atoms with Gasteiger partial charge in [-0.1, -0.05) is 47.1 Å². The van der Waals surface area contributed by atoms with E-state index in [4.69, 9.17) is 23.2 Å². The van der Waals surface area contributed by atoms with E-state index in [-0.39, 0.29) is 0 Å². The largest absolute Gasteiger partial charge is 0.298 e. The Labute approximate surface area is 154 Å². The highest BCUT2D eigenvalue weighted by molar-refractivity contribution is 7.98. The smallest absolute Gasteiger partial charge is 0.192 e. The number of thioether (sulfide) groups is 1. The molecule has 0 amide bonds. The fraction of sp³-hybridized carbons (Fsp3) is 0.118. The van der Waals surface area contributed by atoms with Crippen molar-refractivity contribution >= 4 is 35.0 Å². The first-order chi connectivity index (χ1) is 11.7. The molecule has 0 bridgehead atoms. The van der Waals surface area contributed by atoms with E-state index >= 15 is 0 Å². The lowest BCUT2D eigenvalue weighted by Crippen LogP contribution is -2.01. The number of halogens is 2. The van der Waals surface area contributed by atoms with Gasteiger partial charge in [0.05, 0.1) is 0 Å². The molecule has 0 fully saturated rings. The molecule has 2 heterocycles. The van der Waals surface area contributed by atoms with Crippen LogP contribution in [0.25, 0.3) is 11.4 Å². The summed E-state index contributed by atoms with van der Waals surface area (Å²) >= 11 is 13.7. The van der Waals surface area contributed by atoms with Crippen LogP contribution in [0.4, 0.5) is 0 Å². The van der Waals surface area contributed by atoms with Crippen molar-refractivity contribution in [2.75, 3.05) is 0 Å². The number of benzene rings is 1. The highest BCUT2D eigenvalue weighted by Crippen LogP contribution is 2.29. The summed E-state index contributed by atoms with van der Waals surface area (Å²) in [7, 11) is 0. The summed E-state index contributed by atoms with van der Waals surface area (Å²) in [4.78, 5) is 4.14. The van der Waals surface area contributed by atoms with E-state index in [2.05, 4.69) is 21.8 Å². The van der Waals surface area contributed by atoms with E-state index in [1.807, 2.05) is 34.9 Å². The van der Waals surface area contributed by atoms with Crippen molar-refractivity contribution in [2.24, 2.45) is 0 Å². The van der Waals surface area contributed by atoms with Gasteiger partial charge in [0.25, 0.3) is 0 Å². The molecular formula is C17H14Cl2N4S. The molecule has 3 aromatic rings. The van der Waals surface area contributed by atoms with Crippen molar-refractivity contribution in [1.82, 2.24) is 19.7 Å². The van der Waals surface area contributed by atoms with Crippen LogP contribution in [0.2, 0.25) is 10.0 Å². The number of rotatable bonds is 6. The molecule has 0 aliphatic rings. The molecule has 0 saturated carbocycles. The van der Waals surface area contributed by atoms with Gasteiger partial charge in [0.2, 0.25) is 0 Å². The second-order valence-electron chi connectivity index (χ2n) is 4.97. The first kappa shape index (κ1) is 17.0. The summed E-state index contributed by atoms with van der Waals surface area (Å²) in [5.41, 5.74) is 1.92. The Bertz CT molecular complexity index is 849. The number of hydrogen-bond donors (Lipinski definition) is 0. The van der Waals surface area contributed by atoms with Gasteiger partial charge in [-0.05, 0) is 29.8 Å². The number of hydrogen-bond acceptors (Lipinski definition) is 4. The first-order valence-electron chi connectivity index (χ1n) is 7.20. The molecular weight excluding hydrogens is 363 g/mol. The maximum Gasteiger partial charge on any atom is 0.192 e. The number of allylic oxidation sites excluding steroid dienone is 1. The summed E-state index contributed by atoms with van der Waals surface area (Å²) in [6.45, 7) is 4.44. The molecule has 24 heavy (non-hydrogen) atoms. The van der Waals surface area contributed by atoms with E-state index in [1.54, 1.807) is 30.2 Å². The van der Waals surface area contributed by atoms with Crippen LogP contribution >= 0.6 is 35.0 Å². The number of nitrogens with zero attached hydrogens (tertiary/aromatic N) is 4. The number of pyridine rings is 1. The van der Waals surface area contributed by atoms with Crippen LogP contribution in [-0.4, -0.2) is 19.7 Å². The molecule has 7 heteroatoms. The molecule has 4 nitrogen and oxygen atoms in total. The predicted molar refractivity (Wildman–Crippen MR) is 99.5 cm³/mol. The number of aromatic nitrogens is 4. The van der Waals surface area contributed by atoms with Gasteiger partial charge < -0.3 is 0 Å². The second-order valence-corrected chi connectivity index (χ2v) is 6.76. The van der Waals surface area contributed by atoms with Gasteiger partial charge in [-0.15, -0.1) is 16.8 Å². The Morgan fingerprint density at radius 2 is 2.08 bits per heavy atom. The standard InChI is InChI=1S/C17H14Cl2N4S/c1-2-8-23-16(12-4-3-7-20-10-12)21-22-17(23)24-11-13-5-6-14(18)9-15(13)19/h2-7,9-10H,1,8,11H2. The van der Waals surface area contributed by atoms with Gasteiger partial charge in [0.1, 0.15) is 0 Å². The highest BCUT2D eigenvalue weighted by atomic mass is 35.5.